The number of aliphatic imine (C=N–C) groups is 2. The van der Waals surface area contributed by atoms with E-state index >= 15 is 0 Å². The van der Waals surface area contributed by atoms with E-state index in [1.54, 1.807) is 55.1 Å². The van der Waals surface area contributed by atoms with Gasteiger partial charge in [0.2, 0.25) is 0 Å². The molecule has 2 aromatic carbocycles. The summed E-state index contributed by atoms with van der Waals surface area (Å²) in [6.45, 7) is 22.2. The highest BCUT2D eigenvalue weighted by Crippen LogP contribution is 2.33. The number of β-amino-alcohol motifs (C(OH)–C–C–N with tert-alkyl or cyclic N) is 1. The van der Waals surface area contributed by atoms with E-state index in [2.05, 4.69) is 105 Å². The summed E-state index contributed by atoms with van der Waals surface area (Å²) in [4.78, 5) is 35.6. The van der Waals surface area contributed by atoms with E-state index in [0.29, 0.717) is 100 Å². The smallest absolute Gasteiger partial charge is 0.252 e. The molecule has 4 aromatic rings. The number of nitrogens with one attached hydrogen (secondary N) is 1. The van der Waals surface area contributed by atoms with Gasteiger partial charge < -0.3 is 44.4 Å². The molecule has 0 amide bonds. The molecule has 1 aliphatic heterocycles. The predicted octanol–water partition coefficient (Wildman–Crippen LogP) is 7.94. The largest absolute Gasteiger partial charge is 0.452 e. The summed E-state index contributed by atoms with van der Waals surface area (Å²) < 4.78 is 17.3. The van der Waals surface area contributed by atoms with Crippen molar-refractivity contribution in [3.05, 3.63) is 71.0 Å². The molecule has 5 rings (SSSR count). The number of anilines is 2. The summed E-state index contributed by atoms with van der Waals surface area (Å²) in [6.07, 6.45) is 6.84. The molecule has 338 valence electrons. The Morgan fingerprint density at radius 1 is 0.677 bits per heavy atom. The topological polar surface area (TPSA) is 169 Å². The van der Waals surface area contributed by atoms with Crippen molar-refractivity contribution in [2.24, 2.45) is 9.98 Å². The maximum Gasteiger partial charge on any atom is 0.252 e. The average Bonchev–Trinajstić information content (AvgIpc) is 3.24. The Bertz CT molecular complexity index is 1950. The minimum absolute atomic E-state index is 0.0144. The maximum atomic E-state index is 9.22. The van der Waals surface area contributed by atoms with Gasteiger partial charge >= 0.3 is 0 Å². The molecule has 2 aromatic heterocycles. The monoisotopic (exact) mass is 895 g/mol. The van der Waals surface area contributed by atoms with E-state index in [1.807, 2.05) is 18.5 Å². The van der Waals surface area contributed by atoms with Gasteiger partial charge in [-0.1, -0.05) is 23.2 Å². The summed E-state index contributed by atoms with van der Waals surface area (Å²) in [5, 5.41) is 22.5. The van der Waals surface area contributed by atoms with Gasteiger partial charge in [-0.3, -0.25) is 4.90 Å². The van der Waals surface area contributed by atoms with Crippen LogP contribution in [0.5, 0.6) is 23.0 Å². The molecule has 0 unspecified atom stereocenters. The van der Waals surface area contributed by atoms with Crippen LogP contribution in [-0.4, -0.2) is 147 Å². The summed E-state index contributed by atoms with van der Waals surface area (Å²) in [5.41, 5.74) is 0. The lowest BCUT2D eigenvalue weighted by Gasteiger charge is -2.35. The summed E-state index contributed by atoms with van der Waals surface area (Å²) in [6, 6.07) is 15.5. The fraction of sp³-hybridized carbons (Fsp3) is 0.500. The first-order chi connectivity index (χ1) is 29.8. The Morgan fingerprint density at radius 3 is 1.65 bits per heavy atom. The molecular formula is C44H63Cl2N11O5. The maximum absolute atomic E-state index is 9.22. The molecule has 1 saturated heterocycles. The Morgan fingerprint density at radius 2 is 1.16 bits per heavy atom. The fourth-order valence-electron chi connectivity index (χ4n) is 6.29. The number of aliphatic hydroxyl groups is 2. The predicted molar refractivity (Wildman–Crippen MR) is 250 cm³/mol. The van der Waals surface area contributed by atoms with E-state index in [9.17, 15) is 5.11 Å². The zero-order valence-electron chi connectivity index (χ0n) is 37.2. The minimum Gasteiger partial charge on any atom is -0.452 e. The quantitative estimate of drug-likeness (QED) is 0.0419. The van der Waals surface area contributed by atoms with Crippen molar-refractivity contribution in [2.45, 2.75) is 79.6 Å². The van der Waals surface area contributed by atoms with E-state index in [-0.39, 0.29) is 19.8 Å². The summed E-state index contributed by atoms with van der Waals surface area (Å²) >= 11 is 11.9. The third-order valence-corrected chi connectivity index (χ3v) is 9.91. The van der Waals surface area contributed by atoms with Crippen LogP contribution >= 0.6 is 23.2 Å². The molecule has 16 nitrogen and oxygen atoms in total. The van der Waals surface area contributed by atoms with Gasteiger partial charge in [-0.05, 0) is 104 Å². The van der Waals surface area contributed by atoms with Crippen molar-refractivity contribution in [3.63, 3.8) is 0 Å². The number of piperazine rings is 1. The highest BCUT2D eigenvalue weighted by atomic mass is 35.5. The summed E-state index contributed by atoms with van der Waals surface area (Å²) in [5.74, 6) is 4.25. The van der Waals surface area contributed by atoms with Crippen LogP contribution in [0, 0.1) is 0 Å². The highest BCUT2D eigenvalue weighted by molar-refractivity contribution is 6.30. The third-order valence-electron chi connectivity index (χ3n) is 9.41. The minimum atomic E-state index is -0.0144. The van der Waals surface area contributed by atoms with Crippen LogP contribution in [0.1, 0.15) is 55.4 Å². The molecule has 0 aliphatic carbocycles. The molecule has 1 aliphatic rings. The second-order valence-electron chi connectivity index (χ2n) is 15.4. The van der Waals surface area contributed by atoms with Crippen molar-refractivity contribution in [1.82, 2.24) is 34.6 Å². The van der Waals surface area contributed by atoms with Crippen LogP contribution in [0.3, 0.4) is 0 Å². The molecule has 0 spiro atoms. The van der Waals surface area contributed by atoms with Gasteiger partial charge in [-0.15, -0.1) is 0 Å². The standard InChI is InChI=1S/C23H33ClN6O2.C21H30ClN5O3/c1-17(2)30(18(3)4)16-26-23-25-15-21(32-20-7-5-19(24)6-8-20)22(27-23)29-11-9-28(10-12-29)13-14-31;1-15(2)27(16(3)4)14-25-21-24-13-19(30-18-7-5-17(22)6-8-18)20(26-21)23-9-11-29-12-10-28/h5-8,15-18,31H,9-14H2,1-4H3;5-8,13-16,28H,9-12H2,1-4H3,(H,23,24,26). The normalized spacial score (nSPS) is 13.4. The van der Waals surface area contributed by atoms with E-state index in [1.165, 1.54) is 0 Å². The van der Waals surface area contributed by atoms with Crippen LogP contribution in [0.4, 0.5) is 23.5 Å². The Hall–Kier alpha value is -4.84. The number of rotatable bonds is 21. The van der Waals surface area contributed by atoms with Gasteiger partial charge in [-0.2, -0.15) is 9.97 Å². The SMILES string of the molecule is CC(C)N(C=Nc1ncc(Oc2ccc(Cl)cc2)c(N2CCN(CCO)CC2)n1)C(C)C.CC(C)N(C=Nc1ncc(Oc2ccc(Cl)cc2)c(NCCOCCO)n1)C(C)C. The lowest BCUT2D eigenvalue weighted by Crippen LogP contribution is -2.47. The number of hydrogen-bond donors (Lipinski definition) is 3. The molecule has 0 saturated carbocycles. The van der Waals surface area contributed by atoms with Crippen LogP contribution in [0.2, 0.25) is 10.0 Å². The highest BCUT2D eigenvalue weighted by Gasteiger charge is 2.23. The number of halogens is 2. The molecule has 3 heterocycles. The van der Waals surface area contributed by atoms with Gasteiger partial charge in [0, 0.05) is 73.5 Å². The number of nitrogens with zero attached hydrogens (tertiary/aromatic N) is 10. The Kier molecular flexibility index (Phi) is 20.8. The van der Waals surface area contributed by atoms with Gasteiger partial charge in [0.15, 0.2) is 23.1 Å². The van der Waals surface area contributed by atoms with Crippen molar-refractivity contribution >= 4 is 59.4 Å². The first-order valence-electron chi connectivity index (χ1n) is 21.0. The van der Waals surface area contributed by atoms with Crippen molar-refractivity contribution in [1.29, 1.82) is 0 Å². The second-order valence-corrected chi connectivity index (χ2v) is 16.3. The second kappa shape index (κ2) is 25.9. The van der Waals surface area contributed by atoms with Gasteiger partial charge in [0.1, 0.15) is 11.5 Å². The summed E-state index contributed by atoms with van der Waals surface area (Å²) in [7, 11) is 0. The van der Waals surface area contributed by atoms with Crippen LogP contribution in [0.15, 0.2) is 70.9 Å². The lowest BCUT2D eigenvalue weighted by atomic mass is 10.2. The number of benzene rings is 2. The number of hydrogen-bond acceptors (Lipinski definition) is 14. The van der Waals surface area contributed by atoms with Gasteiger partial charge in [0.05, 0.1) is 51.5 Å². The van der Waals surface area contributed by atoms with Crippen molar-refractivity contribution in [3.8, 4) is 23.0 Å². The van der Waals surface area contributed by atoms with Crippen molar-refractivity contribution in [2.75, 3.05) is 75.9 Å². The molecule has 1 fully saturated rings. The number of ether oxygens (including phenoxy) is 3. The number of aromatic nitrogens is 4. The molecular weight excluding hydrogens is 833 g/mol. The third kappa shape index (κ3) is 16.5. The van der Waals surface area contributed by atoms with E-state index in [0.717, 1.165) is 26.2 Å². The zero-order valence-corrected chi connectivity index (χ0v) is 38.7. The first kappa shape index (κ1) is 49.8. The van der Waals surface area contributed by atoms with E-state index in [4.69, 9.17) is 47.5 Å². The molecule has 62 heavy (non-hydrogen) atoms. The Balaban J connectivity index is 0.000000273. The van der Waals surface area contributed by atoms with Crippen molar-refractivity contribution < 1.29 is 24.4 Å². The first-order valence-corrected chi connectivity index (χ1v) is 21.8. The zero-order chi connectivity index (χ0) is 45.0. The van der Waals surface area contributed by atoms with Crippen LogP contribution < -0.4 is 19.7 Å². The fourth-order valence-corrected chi connectivity index (χ4v) is 6.55. The van der Waals surface area contributed by atoms with Gasteiger partial charge in [-0.25, -0.2) is 20.0 Å². The molecule has 0 radical (unpaired) electrons. The molecule has 0 bridgehead atoms. The average molecular weight is 897 g/mol. The molecule has 18 heteroatoms. The van der Waals surface area contributed by atoms with Gasteiger partial charge in [0.25, 0.3) is 11.9 Å². The molecule has 0 atom stereocenters. The number of aliphatic hydroxyl groups excluding tert-OH is 2. The van der Waals surface area contributed by atoms with E-state index < -0.39 is 0 Å². The van der Waals surface area contributed by atoms with Crippen LogP contribution in [-0.2, 0) is 4.74 Å². The molecule has 3 N–H and O–H groups in total. The Labute approximate surface area is 376 Å². The lowest BCUT2D eigenvalue weighted by molar-refractivity contribution is 0.0991. The van der Waals surface area contributed by atoms with Crippen LogP contribution in [0.25, 0.3) is 0 Å².